The third-order valence-corrected chi connectivity index (χ3v) is 5.12. The molecule has 1 N–H and O–H groups in total. The number of amides is 1. The molecule has 9 heteroatoms. The number of anilines is 1. The molecule has 3 rings (SSSR count). The van der Waals surface area contributed by atoms with Gasteiger partial charge in [0.05, 0.1) is 31.0 Å². The van der Waals surface area contributed by atoms with Crippen molar-refractivity contribution in [2.45, 2.75) is 19.1 Å². The number of ether oxygens (including phenoxy) is 1. The molecule has 140 valence electrons. The molecule has 1 atom stereocenters. The van der Waals surface area contributed by atoms with Gasteiger partial charge in [0.1, 0.15) is 4.88 Å². The van der Waals surface area contributed by atoms with Crippen molar-refractivity contribution in [3.8, 4) is 0 Å². The van der Waals surface area contributed by atoms with Crippen LogP contribution < -0.4 is 10.2 Å². The van der Waals surface area contributed by atoms with E-state index >= 15 is 0 Å². The molecule has 0 radical (unpaired) electrons. The summed E-state index contributed by atoms with van der Waals surface area (Å²) < 4.78 is 43.8. The van der Waals surface area contributed by atoms with Gasteiger partial charge >= 0.3 is 6.18 Å². The average molecular weight is 385 g/mol. The predicted octanol–water partition coefficient (Wildman–Crippen LogP) is 3.49. The summed E-state index contributed by atoms with van der Waals surface area (Å²) in [5.74, 6) is -0.355. The van der Waals surface area contributed by atoms with Gasteiger partial charge in [0.2, 0.25) is 0 Å². The zero-order valence-corrected chi connectivity index (χ0v) is 14.9. The average Bonchev–Trinajstić information content (AvgIpc) is 3.12. The zero-order chi connectivity index (χ0) is 18.7. The van der Waals surface area contributed by atoms with E-state index in [2.05, 4.69) is 10.3 Å². The Morgan fingerprint density at radius 3 is 2.77 bits per heavy atom. The normalized spacial score (nSPS) is 16.4. The fourth-order valence-electron chi connectivity index (χ4n) is 2.61. The lowest BCUT2D eigenvalue weighted by Crippen LogP contribution is -2.36. The number of halogens is 3. The van der Waals surface area contributed by atoms with Crippen LogP contribution in [0, 0.1) is 0 Å². The monoisotopic (exact) mass is 385 g/mol. The Morgan fingerprint density at radius 1 is 1.35 bits per heavy atom. The van der Waals surface area contributed by atoms with E-state index in [1.807, 2.05) is 4.90 Å². The molecule has 1 aromatic heterocycles. The summed E-state index contributed by atoms with van der Waals surface area (Å²) in [6.45, 7) is 4.32. The maximum atomic E-state index is 12.8. The number of carbonyl (C=O) groups excluding carboxylic acids is 1. The van der Waals surface area contributed by atoms with Crippen molar-refractivity contribution < 1.29 is 22.7 Å². The van der Waals surface area contributed by atoms with Gasteiger partial charge in [0, 0.05) is 13.1 Å². The molecule has 0 spiro atoms. The maximum absolute atomic E-state index is 12.8. The van der Waals surface area contributed by atoms with Gasteiger partial charge in [0.15, 0.2) is 5.13 Å². The number of aromatic nitrogens is 1. The Balaban J connectivity index is 1.67. The van der Waals surface area contributed by atoms with Crippen molar-refractivity contribution in [3.05, 3.63) is 46.5 Å². The molecular weight excluding hydrogens is 367 g/mol. The van der Waals surface area contributed by atoms with E-state index in [4.69, 9.17) is 4.74 Å². The number of thiazole rings is 1. The van der Waals surface area contributed by atoms with Crippen molar-refractivity contribution in [1.29, 1.82) is 0 Å². The van der Waals surface area contributed by atoms with Crippen molar-refractivity contribution in [2.24, 2.45) is 0 Å². The number of morpholine rings is 1. The van der Waals surface area contributed by atoms with Crippen LogP contribution in [0.2, 0.25) is 0 Å². The summed E-state index contributed by atoms with van der Waals surface area (Å²) in [6, 6.07) is 4.40. The van der Waals surface area contributed by atoms with Crippen LogP contribution in [0.4, 0.5) is 18.3 Å². The van der Waals surface area contributed by atoms with Crippen LogP contribution in [0.25, 0.3) is 0 Å². The second-order valence-electron chi connectivity index (χ2n) is 5.92. The number of hydrogen-bond donors (Lipinski definition) is 1. The second-order valence-corrected chi connectivity index (χ2v) is 6.93. The van der Waals surface area contributed by atoms with E-state index < -0.39 is 17.8 Å². The van der Waals surface area contributed by atoms with Crippen LogP contribution in [0.1, 0.15) is 33.8 Å². The summed E-state index contributed by atoms with van der Waals surface area (Å²) in [5.41, 5.74) is -0.338. The highest BCUT2D eigenvalue weighted by Gasteiger charge is 2.30. The number of nitrogens with zero attached hydrogens (tertiary/aromatic N) is 2. The minimum atomic E-state index is -4.41. The van der Waals surface area contributed by atoms with Crippen molar-refractivity contribution >= 4 is 22.4 Å². The van der Waals surface area contributed by atoms with Crippen molar-refractivity contribution in [1.82, 2.24) is 10.3 Å². The molecule has 0 saturated carbocycles. The predicted molar refractivity (Wildman–Crippen MR) is 92.5 cm³/mol. The molecule has 1 amide bonds. The SMILES string of the molecule is C[C@@H](NC(=O)c1cnc(N2CCOCC2)s1)c1cccc(C(F)(F)F)c1. The fourth-order valence-corrected chi connectivity index (χ4v) is 3.48. The van der Waals surface area contributed by atoms with E-state index in [0.717, 1.165) is 30.4 Å². The Bertz CT molecular complexity index is 773. The molecule has 2 heterocycles. The number of rotatable bonds is 4. The summed E-state index contributed by atoms with van der Waals surface area (Å²) >= 11 is 1.26. The van der Waals surface area contributed by atoms with Gasteiger partial charge in [-0.1, -0.05) is 23.5 Å². The molecule has 1 saturated heterocycles. The van der Waals surface area contributed by atoms with Gasteiger partial charge in [0.25, 0.3) is 5.91 Å². The first kappa shape index (κ1) is 18.7. The van der Waals surface area contributed by atoms with Gasteiger partial charge in [-0.25, -0.2) is 4.98 Å². The first-order valence-electron chi connectivity index (χ1n) is 8.11. The van der Waals surface area contributed by atoms with E-state index in [0.29, 0.717) is 23.7 Å². The summed E-state index contributed by atoms with van der Waals surface area (Å²) in [5, 5.41) is 3.47. The third-order valence-electron chi connectivity index (χ3n) is 4.06. The fraction of sp³-hybridized carbons (Fsp3) is 0.412. The lowest BCUT2D eigenvalue weighted by molar-refractivity contribution is -0.137. The zero-order valence-electron chi connectivity index (χ0n) is 14.0. The molecule has 2 aromatic rings. The lowest BCUT2D eigenvalue weighted by atomic mass is 10.0. The second kappa shape index (κ2) is 7.63. The molecular formula is C17H18F3N3O2S. The van der Waals surface area contributed by atoms with E-state index in [1.54, 1.807) is 13.0 Å². The number of nitrogens with one attached hydrogen (secondary N) is 1. The van der Waals surface area contributed by atoms with Crippen LogP contribution >= 0.6 is 11.3 Å². The Hall–Kier alpha value is -2.13. The highest BCUT2D eigenvalue weighted by Crippen LogP contribution is 2.31. The van der Waals surface area contributed by atoms with Crippen LogP contribution in [-0.4, -0.2) is 37.2 Å². The standard InChI is InChI=1S/C17H18F3N3O2S/c1-11(12-3-2-4-13(9-12)17(18,19)20)22-15(24)14-10-21-16(26-14)23-5-7-25-8-6-23/h2-4,9-11H,5-8H2,1H3,(H,22,24)/t11-/m1/s1. The van der Waals surface area contributed by atoms with Gasteiger partial charge in [-0.2, -0.15) is 13.2 Å². The molecule has 0 bridgehead atoms. The highest BCUT2D eigenvalue weighted by atomic mass is 32.1. The van der Waals surface area contributed by atoms with Crippen LogP contribution in [0.3, 0.4) is 0 Å². The summed E-state index contributed by atoms with van der Waals surface area (Å²) in [4.78, 5) is 19.1. The van der Waals surface area contributed by atoms with Gasteiger partial charge in [-0.3, -0.25) is 4.79 Å². The van der Waals surface area contributed by atoms with Gasteiger partial charge in [-0.15, -0.1) is 0 Å². The first-order chi connectivity index (χ1) is 12.3. The van der Waals surface area contributed by atoms with E-state index in [-0.39, 0.29) is 5.91 Å². The largest absolute Gasteiger partial charge is 0.416 e. The Labute approximate surface area is 152 Å². The molecule has 26 heavy (non-hydrogen) atoms. The Kier molecular flexibility index (Phi) is 5.47. The van der Waals surface area contributed by atoms with Crippen LogP contribution in [0.15, 0.2) is 30.5 Å². The summed E-state index contributed by atoms with van der Waals surface area (Å²) in [6.07, 6.45) is -2.92. The van der Waals surface area contributed by atoms with Crippen LogP contribution in [-0.2, 0) is 10.9 Å². The van der Waals surface area contributed by atoms with Crippen LogP contribution in [0.5, 0.6) is 0 Å². The number of benzene rings is 1. The molecule has 1 aliphatic heterocycles. The number of hydrogen-bond acceptors (Lipinski definition) is 5. The topological polar surface area (TPSA) is 54.5 Å². The number of alkyl halides is 3. The van der Waals surface area contributed by atoms with Crippen molar-refractivity contribution in [3.63, 3.8) is 0 Å². The third kappa shape index (κ3) is 4.34. The van der Waals surface area contributed by atoms with Crippen molar-refractivity contribution in [2.75, 3.05) is 31.2 Å². The van der Waals surface area contributed by atoms with Gasteiger partial charge in [-0.05, 0) is 24.6 Å². The maximum Gasteiger partial charge on any atom is 0.416 e. The molecule has 0 unspecified atom stereocenters. The first-order valence-corrected chi connectivity index (χ1v) is 8.93. The Morgan fingerprint density at radius 2 is 2.08 bits per heavy atom. The summed E-state index contributed by atoms with van der Waals surface area (Å²) in [7, 11) is 0. The molecule has 1 aromatic carbocycles. The molecule has 1 fully saturated rings. The minimum absolute atomic E-state index is 0.355. The molecule has 1 aliphatic rings. The molecule has 5 nitrogen and oxygen atoms in total. The minimum Gasteiger partial charge on any atom is -0.378 e. The quantitative estimate of drug-likeness (QED) is 0.876. The van der Waals surface area contributed by atoms with E-state index in [1.165, 1.54) is 23.6 Å². The number of carbonyl (C=O) groups is 1. The highest BCUT2D eigenvalue weighted by molar-refractivity contribution is 7.17. The smallest absolute Gasteiger partial charge is 0.378 e. The van der Waals surface area contributed by atoms with E-state index in [9.17, 15) is 18.0 Å². The van der Waals surface area contributed by atoms with Gasteiger partial charge < -0.3 is 15.0 Å². The lowest BCUT2D eigenvalue weighted by Gasteiger charge is -2.25. The molecule has 0 aliphatic carbocycles.